The average molecular weight is 330 g/mol. The van der Waals surface area contributed by atoms with E-state index in [0.717, 1.165) is 49.2 Å². The van der Waals surface area contributed by atoms with Crippen LogP contribution in [0.1, 0.15) is 26.2 Å². The van der Waals surface area contributed by atoms with Crippen molar-refractivity contribution in [3.05, 3.63) is 28.7 Å². The smallest absolute Gasteiger partial charge is 0.119 e. The van der Waals surface area contributed by atoms with Crippen molar-refractivity contribution in [1.82, 2.24) is 5.32 Å². The molecule has 3 nitrogen and oxygen atoms in total. The Labute approximate surface area is 124 Å². The van der Waals surface area contributed by atoms with Crippen molar-refractivity contribution in [1.29, 1.82) is 0 Å². The summed E-state index contributed by atoms with van der Waals surface area (Å²) in [6, 6.07) is 8.37. The Kier molecular flexibility index (Phi) is 8.88. The van der Waals surface area contributed by atoms with Gasteiger partial charge in [0.1, 0.15) is 5.75 Å². The van der Waals surface area contributed by atoms with Crippen molar-refractivity contribution in [3.63, 3.8) is 0 Å². The zero-order chi connectivity index (χ0) is 13.9. The number of ether oxygens (including phenoxy) is 2. The summed E-state index contributed by atoms with van der Waals surface area (Å²) in [5.74, 6) is 0.924. The third-order valence-electron chi connectivity index (χ3n) is 2.83. The molecule has 1 aromatic rings. The van der Waals surface area contributed by atoms with Crippen LogP contribution in [-0.2, 0) is 4.74 Å². The first-order valence-electron chi connectivity index (χ1n) is 6.87. The van der Waals surface area contributed by atoms with Crippen molar-refractivity contribution >= 4 is 15.9 Å². The molecular formula is C15H24BrNO2. The number of hydrogen-bond acceptors (Lipinski definition) is 3. The van der Waals surface area contributed by atoms with Crippen LogP contribution in [0.5, 0.6) is 5.75 Å². The monoisotopic (exact) mass is 329 g/mol. The normalized spacial score (nSPS) is 12.4. The predicted molar refractivity (Wildman–Crippen MR) is 82.8 cm³/mol. The molecule has 19 heavy (non-hydrogen) atoms. The van der Waals surface area contributed by atoms with Gasteiger partial charge >= 0.3 is 0 Å². The molecule has 0 aliphatic heterocycles. The number of nitrogens with one attached hydrogen (secondary N) is 1. The van der Waals surface area contributed by atoms with Crippen LogP contribution in [0.4, 0.5) is 0 Å². The Morgan fingerprint density at radius 2 is 2.00 bits per heavy atom. The van der Waals surface area contributed by atoms with Gasteiger partial charge in [0.05, 0.1) is 13.2 Å². The van der Waals surface area contributed by atoms with Gasteiger partial charge < -0.3 is 14.8 Å². The molecule has 4 heteroatoms. The van der Waals surface area contributed by atoms with E-state index < -0.39 is 0 Å². The number of hydrogen-bond donors (Lipinski definition) is 1. The highest BCUT2D eigenvalue weighted by Gasteiger charge is 2.06. The Balaban J connectivity index is 2.18. The van der Waals surface area contributed by atoms with Gasteiger partial charge in [0.15, 0.2) is 0 Å². The van der Waals surface area contributed by atoms with Crippen LogP contribution in [0, 0.1) is 0 Å². The topological polar surface area (TPSA) is 30.5 Å². The van der Waals surface area contributed by atoms with Gasteiger partial charge in [0.25, 0.3) is 0 Å². The highest BCUT2D eigenvalue weighted by atomic mass is 79.9. The predicted octanol–water partition coefficient (Wildman–Crippen LogP) is 3.62. The third-order valence-corrected chi connectivity index (χ3v) is 3.36. The first-order chi connectivity index (χ1) is 9.26. The van der Waals surface area contributed by atoms with E-state index in [4.69, 9.17) is 9.47 Å². The molecule has 0 saturated heterocycles. The van der Waals surface area contributed by atoms with E-state index in [1.165, 1.54) is 0 Å². The van der Waals surface area contributed by atoms with Crippen molar-refractivity contribution in [2.75, 3.05) is 26.9 Å². The standard InChI is InChI=1S/C15H24BrNO2/c1-3-10-17-14(12-18-2)5-4-11-19-15-8-6-13(16)7-9-15/h6-9,14,17H,3-5,10-12H2,1-2H3. The molecule has 108 valence electrons. The summed E-state index contributed by atoms with van der Waals surface area (Å²) < 4.78 is 12.0. The molecule has 1 N–H and O–H groups in total. The molecule has 0 aliphatic rings. The molecule has 1 unspecified atom stereocenters. The lowest BCUT2D eigenvalue weighted by Crippen LogP contribution is -2.34. The molecule has 1 rings (SSSR count). The van der Waals surface area contributed by atoms with Gasteiger partial charge in [-0.3, -0.25) is 0 Å². The lowest BCUT2D eigenvalue weighted by Gasteiger charge is -2.17. The van der Waals surface area contributed by atoms with E-state index in [2.05, 4.69) is 28.2 Å². The SMILES string of the molecule is CCCNC(CCCOc1ccc(Br)cc1)COC. The van der Waals surface area contributed by atoms with Gasteiger partial charge in [0.2, 0.25) is 0 Å². The number of benzene rings is 1. The Morgan fingerprint density at radius 3 is 2.63 bits per heavy atom. The summed E-state index contributed by atoms with van der Waals surface area (Å²) in [7, 11) is 1.75. The van der Waals surface area contributed by atoms with E-state index in [0.29, 0.717) is 6.04 Å². The minimum atomic E-state index is 0.429. The molecule has 0 aliphatic carbocycles. The second-order valence-electron chi connectivity index (χ2n) is 4.55. The first-order valence-corrected chi connectivity index (χ1v) is 7.66. The summed E-state index contributed by atoms with van der Waals surface area (Å²) in [6.45, 7) is 4.73. The maximum Gasteiger partial charge on any atom is 0.119 e. The molecular weight excluding hydrogens is 306 g/mol. The van der Waals surface area contributed by atoms with Crippen LogP contribution in [-0.4, -0.2) is 32.9 Å². The largest absolute Gasteiger partial charge is 0.494 e. The Hall–Kier alpha value is -0.580. The van der Waals surface area contributed by atoms with Crippen LogP contribution in [0.2, 0.25) is 0 Å². The summed E-state index contributed by atoms with van der Waals surface area (Å²) in [5.41, 5.74) is 0. The van der Waals surface area contributed by atoms with E-state index >= 15 is 0 Å². The van der Waals surface area contributed by atoms with Gasteiger partial charge in [-0.05, 0) is 50.1 Å². The van der Waals surface area contributed by atoms with Crippen molar-refractivity contribution < 1.29 is 9.47 Å². The number of rotatable bonds is 10. The van der Waals surface area contributed by atoms with Gasteiger partial charge in [0, 0.05) is 17.6 Å². The summed E-state index contributed by atoms with van der Waals surface area (Å²) in [4.78, 5) is 0. The lowest BCUT2D eigenvalue weighted by molar-refractivity contribution is 0.158. The molecule has 0 heterocycles. The van der Waals surface area contributed by atoms with Crippen LogP contribution in [0.15, 0.2) is 28.7 Å². The zero-order valence-corrected chi connectivity index (χ0v) is 13.4. The minimum Gasteiger partial charge on any atom is -0.494 e. The quantitative estimate of drug-likeness (QED) is 0.665. The molecule has 0 spiro atoms. The summed E-state index contributed by atoms with van der Waals surface area (Å²) in [5, 5.41) is 3.49. The van der Waals surface area contributed by atoms with Crippen molar-refractivity contribution in [3.8, 4) is 5.75 Å². The minimum absolute atomic E-state index is 0.429. The van der Waals surface area contributed by atoms with Crippen molar-refractivity contribution in [2.45, 2.75) is 32.2 Å². The molecule has 0 aromatic heterocycles. The maximum absolute atomic E-state index is 5.70. The fraction of sp³-hybridized carbons (Fsp3) is 0.600. The van der Waals surface area contributed by atoms with Gasteiger partial charge in [-0.25, -0.2) is 0 Å². The second-order valence-corrected chi connectivity index (χ2v) is 5.47. The fourth-order valence-electron chi connectivity index (χ4n) is 1.84. The van der Waals surface area contributed by atoms with Crippen LogP contribution in [0.3, 0.4) is 0 Å². The fourth-order valence-corrected chi connectivity index (χ4v) is 2.11. The van der Waals surface area contributed by atoms with Crippen LogP contribution >= 0.6 is 15.9 Å². The molecule has 0 bridgehead atoms. The Morgan fingerprint density at radius 1 is 1.26 bits per heavy atom. The molecule has 0 fully saturated rings. The molecule has 1 atom stereocenters. The summed E-state index contributed by atoms with van der Waals surface area (Å²) >= 11 is 3.41. The lowest BCUT2D eigenvalue weighted by atomic mass is 10.1. The van der Waals surface area contributed by atoms with E-state index in [-0.39, 0.29) is 0 Å². The highest BCUT2D eigenvalue weighted by Crippen LogP contribution is 2.16. The van der Waals surface area contributed by atoms with Gasteiger partial charge in [-0.15, -0.1) is 0 Å². The van der Waals surface area contributed by atoms with Gasteiger partial charge in [-0.2, -0.15) is 0 Å². The van der Waals surface area contributed by atoms with Crippen LogP contribution in [0.25, 0.3) is 0 Å². The van der Waals surface area contributed by atoms with Gasteiger partial charge in [-0.1, -0.05) is 22.9 Å². The highest BCUT2D eigenvalue weighted by molar-refractivity contribution is 9.10. The first kappa shape index (κ1) is 16.5. The number of methoxy groups -OCH3 is 1. The molecule has 1 aromatic carbocycles. The molecule has 0 saturated carbocycles. The zero-order valence-electron chi connectivity index (χ0n) is 11.8. The summed E-state index contributed by atoms with van der Waals surface area (Å²) in [6.07, 6.45) is 3.25. The van der Waals surface area contributed by atoms with Crippen LogP contribution < -0.4 is 10.1 Å². The van der Waals surface area contributed by atoms with E-state index in [1.54, 1.807) is 7.11 Å². The Bertz CT molecular complexity index is 329. The molecule has 0 amide bonds. The molecule has 0 radical (unpaired) electrons. The third kappa shape index (κ3) is 7.55. The van der Waals surface area contributed by atoms with E-state index in [1.807, 2.05) is 24.3 Å². The van der Waals surface area contributed by atoms with Crippen molar-refractivity contribution in [2.24, 2.45) is 0 Å². The second kappa shape index (κ2) is 10.2. The van der Waals surface area contributed by atoms with E-state index in [9.17, 15) is 0 Å². The number of halogens is 1. The average Bonchev–Trinajstić information content (AvgIpc) is 2.42. The maximum atomic E-state index is 5.70.